The highest BCUT2D eigenvalue weighted by Crippen LogP contribution is 2.25. The highest BCUT2D eigenvalue weighted by Gasteiger charge is 2.12. The molecular formula is C14H16O3. The van der Waals surface area contributed by atoms with Gasteiger partial charge in [-0.1, -0.05) is 0 Å². The Kier molecular flexibility index (Phi) is 5.09. The van der Waals surface area contributed by atoms with Gasteiger partial charge in [-0.15, -0.1) is 12.3 Å². The first-order chi connectivity index (χ1) is 8.22. The van der Waals surface area contributed by atoms with E-state index in [0.717, 1.165) is 0 Å². The molecular weight excluding hydrogens is 216 g/mol. The number of methoxy groups -OCH3 is 2. The molecule has 1 rings (SSSR count). The highest BCUT2D eigenvalue weighted by molar-refractivity contribution is 5.98. The third kappa shape index (κ3) is 3.53. The molecule has 0 amide bonds. The van der Waals surface area contributed by atoms with Crippen molar-refractivity contribution >= 4 is 5.78 Å². The van der Waals surface area contributed by atoms with Crippen LogP contribution in [0.15, 0.2) is 18.2 Å². The van der Waals surface area contributed by atoms with Crippen molar-refractivity contribution in [2.24, 2.45) is 0 Å². The zero-order chi connectivity index (χ0) is 12.7. The minimum Gasteiger partial charge on any atom is -0.497 e. The molecule has 1 aromatic rings. The predicted octanol–water partition coefficient (Wildman–Crippen LogP) is 2.69. The molecule has 0 fully saturated rings. The summed E-state index contributed by atoms with van der Waals surface area (Å²) in [4.78, 5) is 11.9. The van der Waals surface area contributed by atoms with Crippen LogP contribution in [0.3, 0.4) is 0 Å². The minimum atomic E-state index is 0.0414. The largest absolute Gasteiger partial charge is 0.497 e. The normalized spacial score (nSPS) is 9.47. The lowest BCUT2D eigenvalue weighted by Gasteiger charge is -2.09. The molecule has 90 valence electrons. The molecule has 0 aliphatic rings. The van der Waals surface area contributed by atoms with E-state index in [4.69, 9.17) is 15.9 Å². The van der Waals surface area contributed by atoms with Crippen LogP contribution >= 0.6 is 0 Å². The van der Waals surface area contributed by atoms with E-state index in [0.29, 0.717) is 36.3 Å². The summed E-state index contributed by atoms with van der Waals surface area (Å²) in [5, 5.41) is 0. The minimum absolute atomic E-state index is 0.0414. The fraction of sp³-hybridized carbons (Fsp3) is 0.357. The van der Waals surface area contributed by atoms with Gasteiger partial charge in [-0.2, -0.15) is 0 Å². The molecule has 0 aliphatic carbocycles. The summed E-state index contributed by atoms with van der Waals surface area (Å²) in [6.45, 7) is 0. The van der Waals surface area contributed by atoms with E-state index < -0.39 is 0 Å². The number of carbonyl (C=O) groups excluding carboxylic acids is 1. The van der Waals surface area contributed by atoms with Crippen molar-refractivity contribution in [3.05, 3.63) is 23.8 Å². The number of hydrogen-bond donors (Lipinski definition) is 0. The number of carbonyl (C=O) groups is 1. The van der Waals surface area contributed by atoms with Gasteiger partial charge in [-0.05, 0) is 18.6 Å². The first kappa shape index (κ1) is 13.1. The predicted molar refractivity (Wildman–Crippen MR) is 66.6 cm³/mol. The summed E-state index contributed by atoms with van der Waals surface area (Å²) < 4.78 is 10.2. The fourth-order valence-corrected chi connectivity index (χ4v) is 1.51. The van der Waals surface area contributed by atoms with Crippen LogP contribution in [0.25, 0.3) is 0 Å². The van der Waals surface area contributed by atoms with Crippen LogP contribution in [0.5, 0.6) is 11.5 Å². The number of ketones is 1. The van der Waals surface area contributed by atoms with Crippen LogP contribution < -0.4 is 9.47 Å². The molecule has 3 nitrogen and oxygen atoms in total. The monoisotopic (exact) mass is 232 g/mol. The topological polar surface area (TPSA) is 35.5 Å². The molecule has 0 atom stereocenters. The first-order valence-corrected chi connectivity index (χ1v) is 5.41. The maximum Gasteiger partial charge on any atom is 0.166 e. The molecule has 0 saturated carbocycles. The van der Waals surface area contributed by atoms with Gasteiger partial charge in [0.2, 0.25) is 0 Å². The molecule has 0 N–H and O–H groups in total. The Hall–Kier alpha value is -1.95. The van der Waals surface area contributed by atoms with Crippen molar-refractivity contribution in [1.82, 2.24) is 0 Å². The van der Waals surface area contributed by atoms with Gasteiger partial charge in [0.05, 0.1) is 19.8 Å². The number of benzene rings is 1. The van der Waals surface area contributed by atoms with Crippen LogP contribution in [0, 0.1) is 12.3 Å². The standard InChI is InChI=1S/C14H16O3/c1-4-5-6-7-13(15)12-9-8-11(16-2)10-14(12)17-3/h1,8-10H,5-7H2,2-3H3. The lowest BCUT2D eigenvalue weighted by atomic mass is 10.0. The second-order valence-corrected chi connectivity index (χ2v) is 3.55. The molecule has 0 unspecified atom stereocenters. The molecule has 3 heteroatoms. The molecule has 0 aromatic heterocycles. The van der Waals surface area contributed by atoms with Gasteiger partial charge in [0.15, 0.2) is 5.78 Å². The van der Waals surface area contributed by atoms with Crippen LogP contribution in [-0.2, 0) is 0 Å². The summed E-state index contributed by atoms with van der Waals surface area (Å²) in [5.74, 6) is 3.76. The van der Waals surface area contributed by atoms with Crippen molar-refractivity contribution in [3.8, 4) is 23.8 Å². The fourth-order valence-electron chi connectivity index (χ4n) is 1.51. The van der Waals surface area contributed by atoms with Crippen molar-refractivity contribution in [1.29, 1.82) is 0 Å². The Morgan fingerprint density at radius 1 is 1.35 bits per heavy atom. The van der Waals surface area contributed by atoms with Crippen LogP contribution in [0.4, 0.5) is 0 Å². The summed E-state index contributed by atoms with van der Waals surface area (Å²) in [7, 11) is 3.11. The smallest absolute Gasteiger partial charge is 0.166 e. The van der Waals surface area contributed by atoms with E-state index in [2.05, 4.69) is 5.92 Å². The van der Waals surface area contributed by atoms with Gasteiger partial charge < -0.3 is 9.47 Å². The molecule has 0 bridgehead atoms. The van der Waals surface area contributed by atoms with Gasteiger partial charge in [0, 0.05) is 18.9 Å². The van der Waals surface area contributed by atoms with E-state index in [1.54, 1.807) is 25.3 Å². The van der Waals surface area contributed by atoms with Crippen LogP contribution in [0.1, 0.15) is 29.6 Å². The average molecular weight is 232 g/mol. The number of ether oxygens (including phenoxy) is 2. The third-order valence-corrected chi connectivity index (χ3v) is 2.43. The van der Waals surface area contributed by atoms with Gasteiger partial charge in [-0.3, -0.25) is 4.79 Å². The number of terminal acetylenes is 1. The molecule has 0 saturated heterocycles. The van der Waals surface area contributed by atoms with E-state index in [-0.39, 0.29) is 5.78 Å². The van der Waals surface area contributed by atoms with Crippen molar-refractivity contribution < 1.29 is 14.3 Å². The second kappa shape index (κ2) is 6.59. The Morgan fingerprint density at radius 2 is 2.12 bits per heavy atom. The van der Waals surface area contributed by atoms with E-state index in [9.17, 15) is 4.79 Å². The second-order valence-electron chi connectivity index (χ2n) is 3.55. The number of rotatable bonds is 6. The molecule has 1 aromatic carbocycles. The van der Waals surface area contributed by atoms with E-state index in [1.807, 2.05) is 0 Å². The number of Topliss-reactive ketones (excluding diaryl/α,β-unsaturated/α-hetero) is 1. The number of hydrogen-bond acceptors (Lipinski definition) is 3. The Balaban J connectivity index is 2.82. The van der Waals surface area contributed by atoms with Crippen LogP contribution in [0.2, 0.25) is 0 Å². The molecule has 0 radical (unpaired) electrons. The van der Waals surface area contributed by atoms with E-state index in [1.165, 1.54) is 7.11 Å². The van der Waals surface area contributed by atoms with Crippen molar-refractivity contribution in [2.75, 3.05) is 14.2 Å². The summed E-state index contributed by atoms with van der Waals surface area (Å²) in [5.41, 5.74) is 0.574. The zero-order valence-electron chi connectivity index (χ0n) is 10.2. The Morgan fingerprint density at radius 3 is 2.71 bits per heavy atom. The average Bonchev–Trinajstić information content (AvgIpc) is 2.38. The summed E-state index contributed by atoms with van der Waals surface area (Å²) in [6.07, 6.45) is 6.90. The lowest BCUT2D eigenvalue weighted by Crippen LogP contribution is -2.02. The van der Waals surface area contributed by atoms with Crippen molar-refractivity contribution in [2.45, 2.75) is 19.3 Å². The molecule has 0 spiro atoms. The SMILES string of the molecule is C#CCCCC(=O)c1ccc(OC)cc1OC. The Labute approximate surface area is 102 Å². The maximum atomic E-state index is 11.9. The maximum absolute atomic E-state index is 11.9. The highest BCUT2D eigenvalue weighted by atomic mass is 16.5. The third-order valence-electron chi connectivity index (χ3n) is 2.43. The van der Waals surface area contributed by atoms with Crippen molar-refractivity contribution in [3.63, 3.8) is 0 Å². The van der Waals surface area contributed by atoms with Gasteiger partial charge in [-0.25, -0.2) is 0 Å². The first-order valence-electron chi connectivity index (χ1n) is 5.41. The molecule has 0 heterocycles. The van der Waals surface area contributed by atoms with Gasteiger partial charge in [0.1, 0.15) is 11.5 Å². The molecule has 17 heavy (non-hydrogen) atoms. The number of unbranched alkanes of at least 4 members (excludes halogenated alkanes) is 1. The van der Waals surface area contributed by atoms with Gasteiger partial charge in [0.25, 0.3) is 0 Å². The lowest BCUT2D eigenvalue weighted by molar-refractivity contribution is 0.0977. The van der Waals surface area contributed by atoms with Crippen LogP contribution in [-0.4, -0.2) is 20.0 Å². The molecule has 0 aliphatic heterocycles. The zero-order valence-corrected chi connectivity index (χ0v) is 10.2. The summed E-state index contributed by atoms with van der Waals surface area (Å²) in [6, 6.07) is 5.17. The summed E-state index contributed by atoms with van der Waals surface area (Å²) >= 11 is 0. The van der Waals surface area contributed by atoms with Gasteiger partial charge >= 0.3 is 0 Å². The quantitative estimate of drug-likeness (QED) is 0.430. The Bertz CT molecular complexity index is 430. The van der Waals surface area contributed by atoms with E-state index >= 15 is 0 Å².